The van der Waals surface area contributed by atoms with Crippen LogP contribution in [0.1, 0.15) is 6.92 Å². The zero-order chi connectivity index (χ0) is 18.0. The fourth-order valence-corrected chi connectivity index (χ4v) is 4.63. The molecule has 0 bridgehead atoms. The fourth-order valence-electron chi connectivity index (χ4n) is 3.04. The smallest absolute Gasteiger partial charge is 0.321 e. The Kier molecular flexibility index (Phi) is 4.63. The SMILES string of the molecule is CCOC(=O)CS(=O)(=O)c1c(-c2ccccc2)c2ccccc2n1C. The third-order valence-corrected chi connectivity index (χ3v) is 5.71. The van der Waals surface area contributed by atoms with Gasteiger partial charge in [0, 0.05) is 23.5 Å². The van der Waals surface area contributed by atoms with Crippen LogP contribution in [0.5, 0.6) is 0 Å². The fraction of sp³-hybridized carbons (Fsp3) is 0.211. The molecule has 0 fully saturated rings. The van der Waals surface area contributed by atoms with Crippen LogP contribution >= 0.6 is 0 Å². The highest BCUT2D eigenvalue weighted by atomic mass is 32.2. The van der Waals surface area contributed by atoms with Crippen molar-refractivity contribution in [2.75, 3.05) is 12.4 Å². The minimum absolute atomic E-state index is 0.132. The van der Waals surface area contributed by atoms with Crippen molar-refractivity contribution in [2.24, 2.45) is 7.05 Å². The maximum atomic E-state index is 13.0. The third-order valence-electron chi connectivity index (χ3n) is 4.02. The van der Waals surface area contributed by atoms with Gasteiger partial charge in [0.15, 0.2) is 5.75 Å². The van der Waals surface area contributed by atoms with Crippen LogP contribution in [0.2, 0.25) is 0 Å². The molecule has 0 aliphatic rings. The van der Waals surface area contributed by atoms with E-state index < -0.39 is 21.6 Å². The number of rotatable bonds is 5. The van der Waals surface area contributed by atoms with Gasteiger partial charge >= 0.3 is 5.97 Å². The molecule has 1 aromatic heterocycles. The Hall–Kier alpha value is -2.60. The topological polar surface area (TPSA) is 65.4 Å². The summed E-state index contributed by atoms with van der Waals surface area (Å²) in [5.41, 5.74) is 2.20. The van der Waals surface area contributed by atoms with Crippen molar-refractivity contribution < 1.29 is 17.9 Å². The van der Waals surface area contributed by atoms with E-state index in [0.717, 1.165) is 16.5 Å². The Bertz CT molecular complexity index is 1020. The van der Waals surface area contributed by atoms with E-state index in [4.69, 9.17) is 4.74 Å². The van der Waals surface area contributed by atoms with Crippen LogP contribution in [-0.2, 0) is 26.4 Å². The van der Waals surface area contributed by atoms with Gasteiger partial charge in [0.1, 0.15) is 5.03 Å². The molecule has 25 heavy (non-hydrogen) atoms. The second-order valence-electron chi connectivity index (χ2n) is 5.69. The minimum Gasteiger partial charge on any atom is -0.465 e. The van der Waals surface area contributed by atoms with E-state index in [1.807, 2.05) is 54.6 Å². The van der Waals surface area contributed by atoms with Gasteiger partial charge in [0.05, 0.1) is 6.61 Å². The van der Waals surface area contributed by atoms with Crippen molar-refractivity contribution in [1.82, 2.24) is 4.57 Å². The van der Waals surface area contributed by atoms with Gasteiger partial charge in [0.2, 0.25) is 9.84 Å². The molecule has 0 spiro atoms. The number of carbonyl (C=O) groups is 1. The number of carbonyl (C=O) groups excluding carboxylic acids is 1. The number of benzene rings is 2. The number of nitrogens with zero attached hydrogens (tertiary/aromatic N) is 1. The van der Waals surface area contributed by atoms with Crippen molar-refractivity contribution in [2.45, 2.75) is 11.9 Å². The van der Waals surface area contributed by atoms with E-state index in [1.165, 1.54) is 0 Å². The van der Waals surface area contributed by atoms with E-state index in [1.54, 1.807) is 18.5 Å². The number of sulfone groups is 1. The molecule has 0 aliphatic heterocycles. The molecule has 1 heterocycles. The molecular formula is C19H19NO4S. The highest BCUT2D eigenvalue weighted by Crippen LogP contribution is 2.37. The average molecular weight is 357 g/mol. The highest BCUT2D eigenvalue weighted by Gasteiger charge is 2.29. The molecule has 0 radical (unpaired) electrons. The van der Waals surface area contributed by atoms with E-state index in [0.29, 0.717) is 5.56 Å². The van der Waals surface area contributed by atoms with Crippen LogP contribution < -0.4 is 0 Å². The summed E-state index contributed by atoms with van der Waals surface area (Å²) in [6, 6.07) is 16.8. The number of hydrogen-bond donors (Lipinski definition) is 0. The zero-order valence-corrected chi connectivity index (χ0v) is 14.9. The molecule has 5 nitrogen and oxygen atoms in total. The minimum atomic E-state index is -3.86. The summed E-state index contributed by atoms with van der Waals surface area (Å²) >= 11 is 0. The lowest BCUT2D eigenvalue weighted by molar-refractivity contribution is -0.139. The molecule has 2 aromatic carbocycles. The van der Waals surface area contributed by atoms with Gasteiger partial charge in [-0.2, -0.15) is 0 Å². The quantitative estimate of drug-likeness (QED) is 0.658. The Morgan fingerprint density at radius 2 is 1.68 bits per heavy atom. The molecule has 130 valence electrons. The van der Waals surface area contributed by atoms with Crippen LogP contribution in [-0.4, -0.2) is 31.3 Å². The van der Waals surface area contributed by atoms with E-state index in [-0.39, 0.29) is 11.6 Å². The molecule has 0 saturated heterocycles. The lowest BCUT2D eigenvalue weighted by atomic mass is 10.1. The highest BCUT2D eigenvalue weighted by molar-refractivity contribution is 7.92. The maximum Gasteiger partial charge on any atom is 0.321 e. The molecular weight excluding hydrogens is 338 g/mol. The second kappa shape index (κ2) is 6.72. The van der Waals surface area contributed by atoms with Crippen LogP contribution in [0.4, 0.5) is 0 Å². The lowest BCUT2D eigenvalue weighted by Crippen LogP contribution is -2.21. The summed E-state index contributed by atoms with van der Waals surface area (Å²) in [7, 11) is -2.16. The summed E-state index contributed by atoms with van der Waals surface area (Å²) in [5.74, 6) is -1.42. The lowest BCUT2D eigenvalue weighted by Gasteiger charge is -2.09. The molecule has 0 atom stereocenters. The van der Waals surface area contributed by atoms with Crippen molar-refractivity contribution in [1.29, 1.82) is 0 Å². The molecule has 0 saturated carbocycles. The first-order valence-corrected chi connectivity index (χ1v) is 9.62. The van der Waals surface area contributed by atoms with Crippen molar-refractivity contribution in [3.05, 3.63) is 54.6 Å². The van der Waals surface area contributed by atoms with Crippen molar-refractivity contribution >= 4 is 26.7 Å². The van der Waals surface area contributed by atoms with E-state index in [9.17, 15) is 13.2 Å². The van der Waals surface area contributed by atoms with E-state index in [2.05, 4.69) is 0 Å². The number of aryl methyl sites for hydroxylation is 1. The Labute approximate surface area is 146 Å². The van der Waals surface area contributed by atoms with Gasteiger partial charge in [-0.05, 0) is 18.6 Å². The summed E-state index contributed by atoms with van der Waals surface area (Å²) in [5, 5.41) is 0.964. The monoisotopic (exact) mass is 357 g/mol. The first kappa shape index (κ1) is 17.2. The normalized spacial score (nSPS) is 11.6. The third kappa shape index (κ3) is 3.17. The van der Waals surface area contributed by atoms with Gasteiger partial charge in [0.25, 0.3) is 0 Å². The Morgan fingerprint density at radius 1 is 1.04 bits per heavy atom. The number of para-hydroxylation sites is 1. The standard InChI is InChI=1S/C19H19NO4S/c1-3-24-17(21)13-25(22,23)19-18(14-9-5-4-6-10-14)15-11-7-8-12-16(15)20(19)2/h4-12H,3,13H2,1-2H3. The second-order valence-corrected chi connectivity index (χ2v) is 7.59. The van der Waals surface area contributed by atoms with Crippen LogP contribution in [0.25, 0.3) is 22.0 Å². The molecule has 6 heteroatoms. The van der Waals surface area contributed by atoms with E-state index >= 15 is 0 Å². The molecule has 0 N–H and O–H groups in total. The number of ether oxygens (including phenoxy) is 1. The van der Waals surface area contributed by atoms with Gasteiger partial charge < -0.3 is 9.30 Å². The van der Waals surface area contributed by atoms with Crippen LogP contribution in [0.3, 0.4) is 0 Å². The number of esters is 1. The van der Waals surface area contributed by atoms with Gasteiger partial charge in [-0.15, -0.1) is 0 Å². The predicted octanol–water partition coefficient (Wildman–Crippen LogP) is 3.18. The zero-order valence-electron chi connectivity index (χ0n) is 14.1. The number of hydrogen-bond acceptors (Lipinski definition) is 4. The number of aromatic nitrogens is 1. The Morgan fingerprint density at radius 3 is 2.36 bits per heavy atom. The molecule has 3 aromatic rings. The average Bonchev–Trinajstić information content (AvgIpc) is 2.89. The molecule has 3 rings (SSSR count). The number of fused-ring (bicyclic) bond motifs is 1. The Balaban J connectivity index is 2.28. The van der Waals surface area contributed by atoms with Gasteiger partial charge in [-0.3, -0.25) is 4.79 Å². The molecule has 0 aliphatic carbocycles. The first-order chi connectivity index (χ1) is 12.0. The van der Waals surface area contributed by atoms with Gasteiger partial charge in [-0.25, -0.2) is 8.42 Å². The maximum absolute atomic E-state index is 13.0. The predicted molar refractivity (Wildman–Crippen MR) is 97.0 cm³/mol. The molecule has 0 amide bonds. The summed E-state index contributed by atoms with van der Waals surface area (Å²) in [4.78, 5) is 11.8. The van der Waals surface area contributed by atoms with Crippen LogP contribution in [0, 0.1) is 0 Å². The largest absolute Gasteiger partial charge is 0.465 e. The van der Waals surface area contributed by atoms with Crippen molar-refractivity contribution in [3.63, 3.8) is 0 Å². The summed E-state index contributed by atoms with van der Waals surface area (Å²) in [6.45, 7) is 1.80. The molecule has 0 unspecified atom stereocenters. The first-order valence-electron chi connectivity index (χ1n) is 7.97. The van der Waals surface area contributed by atoms with Crippen LogP contribution in [0.15, 0.2) is 59.6 Å². The summed E-state index contributed by atoms with van der Waals surface area (Å²) in [6.07, 6.45) is 0. The summed E-state index contributed by atoms with van der Waals surface area (Å²) < 4.78 is 32.4. The van der Waals surface area contributed by atoms with Gasteiger partial charge in [-0.1, -0.05) is 48.5 Å². The van der Waals surface area contributed by atoms with Crippen molar-refractivity contribution in [3.8, 4) is 11.1 Å².